The molecule has 1 nitrogen and oxygen atoms in total. The first-order valence-electron chi connectivity index (χ1n) is 16.4. The average molecular weight is 654 g/mol. The lowest BCUT2D eigenvalue weighted by atomic mass is 9.87. The molecule has 0 radical (unpaired) electrons. The highest BCUT2D eigenvalue weighted by Gasteiger charge is 2.38. The predicted octanol–water partition coefficient (Wildman–Crippen LogP) is 13.0. The maximum Gasteiger partial charge on any atom is 0.0685 e. The zero-order valence-corrected chi connectivity index (χ0v) is 28.7. The molecule has 1 unspecified atom stereocenters. The van der Waals surface area contributed by atoms with E-state index in [9.17, 15) is 0 Å². The summed E-state index contributed by atoms with van der Waals surface area (Å²) in [5.74, 6) is 0. The van der Waals surface area contributed by atoms with Gasteiger partial charge in [0.05, 0.1) is 5.71 Å². The molecule has 7 aromatic rings. The van der Waals surface area contributed by atoms with Crippen molar-refractivity contribution in [2.24, 2.45) is 0 Å². The number of allylic oxidation sites excluding steroid dienone is 3. The molecule has 0 bridgehead atoms. The van der Waals surface area contributed by atoms with E-state index in [1.54, 1.807) is 11.3 Å². The minimum atomic E-state index is 0.283. The van der Waals surface area contributed by atoms with Crippen LogP contribution in [0, 0.1) is 12.3 Å². The van der Waals surface area contributed by atoms with Crippen molar-refractivity contribution in [1.82, 2.24) is 0 Å². The van der Waals surface area contributed by atoms with Gasteiger partial charge in [-0.05, 0) is 95.6 Å². The Morgan fingerprint density at radius 3 is 2.02 bits per heavy atom. The Morgan fingerprint density at radius 1 is 0.625 bits per heavy atom. The molecule has 2 heterocycles. The summed E-state index contributed by atoms with van der Waals surface area (Å²) in [5, 5.41) is 11.6. The van der Waals surface area contributed by atoms with Gasteiger partial charge in [-0.2, -0.15) is 0 Å². The van der Waals surface area contributed by atoms with E-state index in [1.165, 1.54) is 41.8 Å². The van der Waals surface area contributed by atoms with Crippen molar-refractivity contribution in [3.63, 3.8) is 0 Å². The van der Waals surface area contributed by atoms with Gasteiger partial charge in [-0.25, -0.2) is 0 Å². The number of fused-ring (bicyclic) bond motifs is 6. The molecular weight excluding hydrogens is 619 g/mol. The van der Waals surface area contributed by atoms with E-state index in [0.29, 0.717) is 5.71 Å². The smallest absolute Gasteiger partial charge is 0.0685 e. The fourth-order valence-electron chi connectivity index (χ4n) is 6.81. The molecule has 0 fully saturated rings. The van der Waals surface area contributed by atoms with Crippen LogP contribution >= 0.6 is 23.1 Å². The first-order valence-corrected chi connectivity index (χ1v) is 18.0. The highest BCUT2D eigenvalue weighted by molar-refractivity contribution is 8.01. The molecule has 2 aliphatic rings. The molecule has 1 aliphatic carbocycles. The third-order valence-electron chi connectivity index (χ3n) is 9.34. The molecule has 0 spiro atoms. The Balaban J connectivity index is 0.000000186. The highest BCUT2D eigenvalue weighted by Crippen LogP contribution is 2.55. The maximum atomic E-state index is 9.10. The Labute approximate surface area is 290 Å². The van der Waals surface area contributed by atoms with Gasteiger partial charge in [-0.3, -0.25) is 5.41 Å². The van der Waals surface area contributed by atoms with Crippen molar-refractivity contribution in [1.29, 1.82) is 5.41 Å². The molecule has 1 N–H and O–H groups in total. The van der Waals surface area contributed by atoms with Crippen LogP contribution in [0.2, 0.25) is 0 Å². The predicted molar refractivity (Wildman–Crippen MR) is 210 cm³/mol. The average Bonchev–Trinajstić information content (AvgIpc) is 3.65. The molecule has 1 atom stereocenters. The number of aryl methyl sites for hydroxylation is 1. The van der Waals surface area contributed by atoms with Crippen LogP contribution in [0.1, 0.15) is 35.6 Å². The molecule has 48 heavy (non-hydrogen) atoms. The normalized spacial score (nSPS) is 16.2. The Morgan fingerprint density at radius 2 is 1.29 bits per heavy atom. The summed E-state index contributed by atoms with van der Waals surface area (Å²) in [6, 6.07) is 49.0. The lowest BCUT2D eigenvalue weighted by Gasteiger charge is -2.25. The topological polar surface area (TPSA) is 23.9 Å². The van der Waals surface area contributed by atoms with Crippen molar-refractivity contribution in [2.45, 2.75) is 29.9 Å². The summed E-state index contributed by atoms with van der Waals surface area (Å²) < 4.78 is 2.79. The Hall–Kier alpha value is -4.96. The minimum Gasteiger partial charge on any atom is -0.300 e. The monoisotopic (exact) mass is 653 g/mol. The third-order valence-corrected chi connectivity index (χ3v) is 11.9. The van der Waals surface area contributed by atoms with Crippen LogP contribution in [0.4, 0.5) is 0 Å². The van der Waals surface area contributed by atoms with Crippen LogP contribution in [0.5, 0.6) is 0 Å². The van der Waals surface area contributed by atoms with E-state index in [2.05, 4.69) is 159 Å². The lowest BCUT2D eigenvalue weighted by Crippen LogP contribution is -2.18. The number of thioether (sulfide) groups is 1. The molecule has 0 saturated heterocycles. The summed E-state index contributed by atoms with van der Waals surface area (Å²) in [6.45, 7) is 4.51. The Kier molecular flexibility index (Phi) is 7.96. The molecule has 6 aromatic carbocycles. The number of benzene rings is 6. The van der Waals surface area contributed by atoms with Crippen molar-refractivity contribution >= 4 is 54.6 Å². The number of thiophene rings is 1. The van der Waals surface area contributed by atoms with E-state index >= 15 is 0 Å². The number of hydrogen-bond acceptors (Lipinski definition) is 3. The van der Waals surface area contributed by atoms with Crippen molar-refractivity contribution < 1.29 is 0 Å². The SMILES string of the molecule is Cc1ccc2c(c1)SC1(C)CC=CC=C21.N=C(c1cc(-c2ccccc2)cc(-c2ccccc2)c1)c1ccc2c(c1)sc1ccccc12. The molecular formula is C45H35NS2. The molecule has 0 amide bonds. The second-order valence-corrected chi connectivity index (χ2v) is 15.4. The van der Waals surface area contributed by atoms with E-state index in [4.69, 9.17) is 5.41 Å². The van der Waals surface area contributed by atoms with Crippen LogP contribution in [0.3, 0.4) is 0 Å². The fraction of sp³-hybridized carbons (Fsp3) is 0.0889. The highest BCUT2D eigenvalue weighted by atomic mass is 32.2. The van der Waals surface area contributed by atoms with Crippen molar-refractivity contribution in [2.75, 3.05) is 0 Å². The van der Waals surface area contributed by atoms with Crippen LogP contribution in [-0.4, -0.2) is 10.5 Å². The zero-order valence-electron chi connectivity index (χ0n) is 27.0. The van der Waals surface area contributed by atoms with Gasteiger partial charge in [-0.1, -0.05) is 121 Å². The number of hydrogen-bond donors (Lipinski definition) is 1. The van der Waals surface area contributed by atoms with Gasteiger partial charge in [-0.15, -0.1) is 23.1 Å². The quantitative estimate of drug-likeness (QED) is 0.188. The first kappa shape index (κ1) is 30.4. The fourth-order valence-corrected chi connectivity index (χ4v) is 9.44. The van der Waals surface area contributed by atoms with Gasteiger partial charge in [0.25, 0.3) is 0 Å². The van der Waals surface area contributed by atoms with E-state index < -0.39 is 0 Å². The second kappa shape index (κ2) is 12.6. The number of rotatable bonds is 4. The van der Waals surface area contributed by atoms with Gasteiger partial charge < -0.3 is 0 Å². The van der Waals surface area contributed by atoms with Crippen LogP contribution in [-0.2, 0) is 0 Å². The molecule has 3 heteroatoms. The zero-order chi connectivity index (χ0) is 32.7. The summed E-state index contributed by atoms with van der Waals surface area (Å²) in [4.78, 5) is 1.45. The van der Waals surface area contributed by atoms with Gasteiger partial charge in [0.15, 0.2) is 0 Å². The summed E-state index contributed by atoms with van der Waals surface area (Å²) in [7, 11) is 0. The first-order chi connectivity index (χ1) is 23.4. The summed E-state index contributed by atoms with van der Waals surface area (Å²) >= 11 is 3.81. The van der Waals surface area contributed by atoms with Crippen molar-refractivity contribution in [3.8, 4) is 22.3 Å². The van der Waals surface area contributed by atoms with Crippen LogP contribution in [0.15, 0.2) is 163 Å². The van der Waals surface area contributed by atoms with Crippen LogP contribution in [0.25, 0.3) is 48.0 Å². The maximum absolute atomic E-state index is 9.10. The van der Waals surface area contributed by atoms with Gasteiger partial charge >= 0.3 is 0 Å². The minimum absolute atomic E-state index is 0.283. The third kappa shape index (κ3) is 5.74. The summed E-state index contributed by atoms with van der Waals surface area (Å²) in [5.41, 5.74) is 11.3. The van der Waals surface area contributed by atoms with E-state index in [1.807, 2.05) is 23.9 Å². The molecule has 1 aromatic heterocycles. The molecule has 9 rings (SSSR count). The second-order valence-electron chi connectivity index (χ2n) is 12.8. The van der Waals surface area contributed by atoms with Crippen LogP contribution < -0.4 is 0 Å². The molecule has 232 valence electrons. The lowest BCUT2D eigenvalue weighted by molar-refractivity contribution is 0.829. The van der Waals surface area contributed by atoms with Gasteiger partial charge in [0.2, 0.25) is 0 Å². The van der Waals surface area contributed by atoms with E-state index in [0.717, 1.165) is 39.8 Å². The standard InChI is InChI=1S/C31H21NS.C14H14S/c32-31(23-15-16-28-27-13-7-8-14-29(27)33-30(28)20-23)26-18-24(21-9-3-1-4-10-21)17-25(19-26)22-11-5-2-6-12-22;1-10-6-7-11-12-5-3-4-8-14(12,2)15-13(11)9-10/h1-20,32H;3-7,9H,8H2,1-2H3. The number of nitrogens with one attached hydrogen (secondary N) is 1. The molecule has 1 aliphatic heterocycles. The van der Waals surface area contributed by atoms with Gasteiger partial charge in [0, 0.05) is 40.9 Å². The van der Waals surface area contributed by atoms with E-state index in [-0.39, 0.29) is 4.75 Å². The van der Waals surface area contributed by atoms with Gasteiger partial charge in [0.1, 0.15) is 0 Å². The molecule has 0 saturated carbocycles. The summed E-state index contributed by atoms with van der Waals surface area (Å²) in [6.07, 6.45) is 7.89. The van der Waals surface area contributed by atoms with Crippen molar-refractivity contribution in [3.05, 3.63) is 180 Å². The Bertz CT molecular complexity index is 2320. The largest absolute Gasteiger partial charge is 0.300 e.